The average molecular weight is 399 g/mol. The van der Waals surface area contributed by atoms with Crippen molar-refractivity contribution in [3.05, 3.63) is 53.1 Å². The Balaban J connectivity index is 1.54. The average Bonchev–Trinajstić information content (AvgIpc) is 2.66. The largest absolute Gasteiger partial charge is 0.419 e. The van der Waals surface area contributed by atoms with Crippen molar-refractivity contribution in [1.29, 1.82) is 0 Å². The summed E-state index contributed by atoms with van der Waals surface area (Å²) in [5, 5.41) is 0.694. The zero-order valence-electron chi connectivity index (χ0n) is 14.3. The van der Waals surface area contributed by atoms with Crippen molar-refractivity contribution in [2.75, 3.05) is 31.1 Å². The highest BCUT2D eigenvalue weighted by Crippen LogP contribution is 2.27. The molecule has 27 heavy (non-hydrogen) atoms. The molecule has 1 aromatic heterocycles. The van der Waals surface area contributed by atoms with Crippen LogP contribution in [0.15, 0.2) is 41.7 Å². The first-order valence-corrected chi connectivity index (χ1v) is 8.64. The maximum Gasteiger partial charge on any atom is 0.419 e. The van der Waals surface area contributed by atoms with Gasteiger partial charge in [-0.05, 0) is 24.3 Å². The van der Waals surface area contributed by atoms with Gasteiger partial charge in [-0.3, -0.25) is 0 Å². The van der Waals surface area contributed by atoms with Crippen LogP contribution in [0, 0.1) is 0 Å². The molecule has 1 fully saturated rings. The third kappa shape index (κ3) is 5.00. The highest BCUT2D eigenvalue weighted by Gasteiger charge is 2.31. The molecule has 0 aliphatic carbocycles. The van der Waals surface area contributed by atoms with Gasteiger partial charge in [0.1, 0.15) is 12.4 Å². The first kappa shape index (κ1) is 19.2. The normalized spacial score (nSPS) is 15.9. The first-order chi connectivity index (χ1) is 12.8. The standard InChI is InChI=1S/C17H18ClF3N6/c18-13-1-3-14(4-2-13)26-5-7-27(8-6-26)16(22)25-11-15-23-9-12(10-24-15)17(19,20)21/h1-4,9-10H,5-8,11H2,(H2,22,25). The van der Waals surface area contributed by atoms with Crippen LogP contribution in [0.4, 0.5) is 18.9 Å². The zero-order chi connectivity index (χ0) is 19.4. The third-order valence-electron chi connectivity index (χ3n) is 4.21. The number of aromatic nitrogens is 2. The van der Waals surface area contributed by atoms with E-state index in [1.165, 1.54) is 0 Å². The smallest absolute Gasteiger partial charge is 0.370 e. The molecule has 1 saturated heterocycles. The Kier molecular flexibility index (Phi) is 5.69. The highest BCUT2D eigenvalue weighted by molar-refractivity contribution is 6.30. The number of nitrogens with two attached hydrogens (primary N) is 1. The van der Waals surface area contributed by atoms with Gasteiger partial charge in [0.25, 0.3) is 0 Å². The van der Waals surface area contributed by atoms with E-state index < -0.39 is 11.7 Å². The quantitative estimate of drug-likeness (QED) is 0.636. The Labute approximate surface area is 159 Å². The molecule has 0 radical (unpaired) electrons. The van der Waals surface area contributed by atoms with Crippen LogP contribution in [0.3, 0.4) is 0 Å². The second-order valence-corrected chi connectivity index (χ2v) is 6.45. The lowest BCUT2D eigenvalue weighted by atomic mass is 10.2. The Morgan fingerprint density at radius 2 is 1.67 bits per heavy atom. The van der Waals surface area contributed by atoms with E-state index in [2.05, 4.69) is 19.9 Å². The number of halogens is 4. The Bertz CT molecular complexity index is 784. The first-order valence-electron chi connectivity index (χ1n) is 8.26. The third-order valence-corrected chi connectivity index (χ3v) is 4.46. The van der Waals surface area contributed by atoms with E-state index in [9.17, 15) is 13.2 Å². The van der Waals surface area contributed by atoms with Crippen molar-refractivity contribution in [2.45, 2.75) is 12.7 Å². The predicted molar refractivity (Wildman–Crippen MR) is 97.6 cm³/mol. The second-order valence-electron chi connectivity index (χ2n) is 6.01. The summed E-state index contributed by atoms with van der Waals surface area (Å²) in [6.07, 6.45) is -2.96. The topological polar surface area (TPSA) is 70.6 Å². The van der Waals surface area contributed by atoms with Crippen LogP contribution in [0.1, 0.15) is 11.4 Å². The van der Waals surface area contributed by atoms with E-state index in [1.54, 1.807) is 0 Å². The van der Waals surface area contributed by atoms with Gasteiger partial charge in [-0.1, -0.05) is 11.6 Å². The van der Waals surface area contributed by atoms with Crippen LogP contribution in [0.2, 0.25) is 5.02 Å². The van der Waals surface area contributed by atoms with Crippen molar-refractivity contribution in [1.82, 2.24) is 14.9 Å². The Hall–Kier alpha value is -2.55. The summed E-state index contributed by atoms with van der Waals surface area (Å²) in [5.41, 5.74) is 6.21. The molecular formula is C17H18ClF3N6. The van der Waals surface area contributed by atoms with Crippen LogP contribution in [0.5, 0.6) is 0 Å². The van der Waals surface area contributed by atoms with Gasteiger partial charge in [-0.25, -0.2) is 15.0 Å². The summed E-state index contributed by atoms with van der Waals surface area (Å²) in [6, 6.07) is 7.64. The van der Waals surface area contributed by atoms with Crippen LogP contribution < -0.4 is 10.6 Å². The van der Waals surface area contributed by atoms with Crippen LogP contribution in [-0.4, -0.2) is 47.0 Å². The van der Waals surface area contributed by atoms with Crippen LogP contribution in [0.25, 0.3) is 0 Å². The maximum absolute atomic E-state index is 12.5. The van der Waals surface area contributed by atoms with Gasteiger partial charge in [0, 0.05) is 49.3 Å². The highest BCUT2D eigenvalue weighted by atomic mass is 35.5. The van der Waals surface area contributed by atoms with Gasteiger partial charge < -0.3 is 15.5 Å². The minimum Gasteiger partial charge on any atom is -0.370 e. The fraction of sp³-hybridized carbons (Fsp3) is 0.353. The molecule has 1 aliphatic rings. The lowest BCUT2D eigenvalue weighted by Crippen LogP contribution is -2.51. The fourth-order valence-electron chi connectivity index (χ4n) is 2.68. The van der Waals surface area contributed by atoms with Crippen molar-refractivity contribution >= 4 is 23.2 Å². The number of hydrogen-bond donors (Lipinski definition) is 1. The molecular weight excluding hydrogens is 381 g/mol. The molecule has 0 amide bonds. The number of alkyl halides is 3. The number of anilines is 1. The lowest BCUT2D eigenvalue weighted by molar-refractivity contribution is -0.138. The number of nitrogens with zero attached hydrogens (tertiary/aromatic N) is 5. The molecule has 6 nitrogen and oxygen atoms in total. The molecule has 2 heterocycles. The fourth-order valence-corrected chi connectivity index (χ4v) is 2.81. The summed E-state index contributed by atoms with van der Waals surface area (Å²) in [4.78, 5) is 15.7. The zero-order valence-corrected chi connectivity index (χ0v) is 15.1. The Morgan fingerprint density at radius 1 is 1.07 bits per heavy atom. The van der Waals surface area contributed by atoms with Gasteiger partial charge in [0.2, 0.25) is 0 Å². The van der Waals surface area contributed by atoms with Crippen molar-refractivity contribution < 1.29 is 13.2 Å². The van der Waals surface area contributed by atoms with Crippen LogP contribution in [-0.2, 0) is 12.7 Å². The molecule has 2 aromatic rings. The van der Waals surface area contributed by atoms with E-state index in [0.29, 0.717) is 24.1 Å². The summed E-state index contributed by atoms with van der Waals surface area (Å²) in [5.74, 6) is 0.514. The maximum atomic E-state index is 12.5. The summed E-state index contributed by atoms with van der Waals surface area (Å²) >= 11 is 5.91. The number of rotatable bonds is 3. The van der Waals surface area contributed by atoms with E-state index in [1.807, 2.05) is 29.2 Å². The predicted octanol–water partition coefficient (Wildman–Crippen LogP) is 2.79. The van der Waals surface area contributed by atoms with Gasteiger partial charge in [-0.15, -0.1) is 0 Å². The van der Waals surface area contributed by atoms with Gasteiger partial charge in [0.05, 0.1) is 5.56 Å². The Morgan fingerprint density at radius 3 is 2.22 bits per heavy atom. The molecule has 10 heteroatoms. The van der Waals surface area contributed by atoms with Crippen molar-refractivity contribution in [3.8, 4) is 0 Å². The monoisotopic (exact) mass is 398 g/mol. The van der Waals surface area contributed by atoms with Gasteiger partial charge >= 0.3 is 6.18 Å². The minimum absolute atomic E-state index is 0.0291. The number of hydrogen-bond acceptors (Lipinski definition) is 4. The number of benzene rings is 1. The minimum atomic E-state index is -4.45. The second kappa shape index (κ2) is 7.99. The lowest BCUT2D eigenvalue weighted by Gasteiger charge is -2.36. The molecule has 0 saturated carbocycles. The van der Waals surface area contributed by atoms with Gasteiger partial charge in [-0.2, -0.15) is 13.2 Å². The van der Waals surface area contributed by atoms with Gasteiger partial charge in [0.15, 0.2) is 5.96 Å². The van der Waals surface area contributed by atoms with Crippen LogP contribution >= 0.6 is 11.6 Å². The summed E-state index contributed by atoms with van der Waals surface area (Å²) < 4.78 is 37.5. The SMILES string of the molecule is NC(=NCc1ncc(C(F)(F)F)cn1)N1CCN(c2ccc(Cl)cc2)CC1. The molecule has 1 aliphatic heterocycles. The molecule has 0 atom stereocenters. The van der Waals surface area contributed by atoms with Crippen molar-refractivity contribution in [3.63, 3.8) is 0 Å². The van der Waals surface area contributed by atoms with E-state index >= 15 is 0 Å². The summed E-state index contributed by atoms with van der Waals surface area (Å²) in [6.45, 7) is 2.95. The molecule has 0 bridgehead atoms. The molecule has 1 aromatic carbocycles. The number of guanidine groups is 1. The summed E-state index contributed by atoms with van der Waals surface area (Å²) in [7, 11) is 0. The molecule has 144 valence electrons. The number of aliphatic imine (C=N–C) groups is 1. The van der Waals surface area contributed by atoms with E-state index in [-0.39, 0.29) is 12.4 Å². The molecule has 3 rings (SSSR count). The molecule has 2 N–H and O–H groups in total. The van der Waals surface area contributed by atoms with E-state index in [4.69, 9.17) is 17.3 Å². The van der Waals surface area contributed by atoms with Crippen molar-refractivity contribution in [2.24, 2.45) is 10.7 Å². The number of piperazine rings is 1. The molecule has 0 unspecified atom stereocenters. The molecule has 0 spiro atoms. The van der Waals surface area contributed by atoms with E-state index in [0.717, 1.165) is 31.2 Å².